The number of imidazole rings is 1. The Morgan fingerprint density at radius 2 is 0.517 bits per heavy atom. The van der Waals surface area contributed by atoms with Crippen LogP contribution in [0.5, 0.6) is 0 Å². The SMILES string of the molecule is CC(F)(F)C(F)(F)C(F)(F)C(F)(F)C(F)(F)C(F)(F)C(F)(F)C(F)(F)Cn1c(S)c(S)n(CC(F)(F)C(F)(F)C(F)(F)C(F)(F)C(F)(F)C(F)(F)C(F)(F)C(F)(F)F)c1=S. The summed E-state index contributed by atoms with van der Waals surface area (Å²) in [5, 5.41) is -4.33. The number of rotatable bonds is 17. The summed E-state index contributed by atoms with van der Waals surface area (Å²) in [4.78, 5) is 0. The number of thiol groups is 2. The van der Waals surface area contributed by atoms with Gasteiger partial charge in [0, 0.05) is 6.92 Å². The van der Waals surface area contributed by atoms with Gasteiger partial charge in [-0.05, 0) is 12.2 Å². The third-order valence-corrected chi connectivity index (χ3v) is 9.18. The van der Waals surface area contributed by atoms with E-state index < -0.39 is 139 Å². The molecule has 0 unspecified atom stereocenters. The van der Waals surface area contributed by atoms with Crippen molar-refractivity contribution >= 4 is 37.5 Å². The van der Waals surface area contributed by atoms with Crippen molar-refractivity contribution in [2.24, 2.45) is 0 Å². The van der Waals surface area contributed by atoms with E-state index in [1.807, 2.05) is 0 Å². The number of hydrogen-bond donors (Lipinski definition) is 2. The van der Waals surface area contributed by atoms with Crippen molar-refractivity contribution in [3.05, 3.63) is 4.77 Å². The molecule has 0 aliphatic carbocycles. The topological polar surface area (TPSA) is 9.86 Å². The summed E-state index contributed by atoms with van der Waals surface area (Å²) in [5.74, 6) is -127. The van der Waals surface area contributed by atoms with Gasteiger partial charge in [0.15, 0.2) is 4.77 Å². The van der Waals surface area contributed by atoms with Crippen LogP contribution in [0.15, 0.2) is 10.1 Å². The normalized spacial score (nSPS) is 16.5. The van der Waals surface area contributed by atoms with Crippen LogP contribution in [0.4, 0.5) is 145 Å². The van der Waals surface area contributed by atoms with Crippen LogP contribution in [0.3, 0.4) is 0 Å². The fraction of sp³-hybridized carbons (Fsp3) is 0.864. The van der Waals surface area contributed by atoms with Gasteiger partial charge in [-0.3, -0.25) is 0 Å². The second-order valence-electron chi connectivity index (χ2n) is 11.8. The fourth-order valence-corrected chi connectivity index (χ4v) is 4.96. The van der Waals surface area contributed by atoms with Crippen molar-refractivity contribution in [2.75, 3.05) is 0 Å². The zero-order chi connectivity index (χ0) is 49.3. The Hall–Kier alpha value is -2.18. The smallest absolute Gasteiger partial charge is 0.305 e. The predicted octanol–water partition coefficient (Wildman–Crippen LogP) is 12.7. The minimum atomic E-state index is -9.17. The molecule has 0 amide bonds. The first-order valence-electron chi connectivity index (χ1n) is 13.4. The van der Waals surface area contributed by atoms with E-state index in [9.17, 15) is 145 Å². The molecule has 0 N–H and O–H groups in total. The molecule has 1 aromatic rings. The minimum Gasteiger partial charge on any atom is -0.305 e. The summed E-state index contributed by atoms with van der Waals surface area (Å²) >= 11 is 9.68. The Kier molecular flexibility index (Phi) is 13.4. The highest BCUT2D eigenvalue weighted by Gasteiger charge is 2.96. The van der Waals surface area contributed by atoms with Gasteiger partial charge in [-0.15, -0.1) is 25.3 Å². The largest absolute Gasteiger partial charge is 0.460 e. The third-order valence-electron chi connectivity index (χ3n) is 7.66. The second-order valence-corrected chi connectivity index (χ2v) is 13.0. The standard InChI is InChI=1S/C22H9F33N2S3/c1-7(23,24)10(29,30)13(35,36)16(41,42)17(43,44)14(37,38)11(31,32)8(25,26)2-56-4(58)5(59)57(6(56)60)3-9(27,28)12(33,34)15(39,40)18(45,46)19(47,48)20(49,50)21(51,52)22(53,54)55/h58-59H,2-3H2,1H3. The lowest BCUT2D eigenvalue weighted by Gasteiger charge is -2.43. The maximum Gasteiger partial charge on any atom is 0.460 e. The lowest BCUT2D eigenvalue weighted by atomic mass is 9.88. The van der Waals surface area contributed by atoms with E-state index in [4.69, 9.17) is 0 Å². The summed E-state index contributed by atoms with van der Waals surface area (Å²) in [6.45, 7) is -9.27. The van der Waals surface area contributed by atoms with Gasteiger partial charge in [0.05, 0.1) is 13.1 Å². The molecule has 2 nitrogen and oxygen atoms in total. The van der Waals surface area contributed by atoms with E-state index in [2.05, 4.69) is 37.5 Å². The fourth-order valence-electron chi connectivity index (χ4n) is 3.94. The molecule has 0 atom stereocenters. The molecule has 1 heterocycles. The van der Waals surface area contributed by atoms with Crippen molar-refractivity contribution < 1.29 is 145 Å². The molecule has 1 aromatic heterocycles. The van der Waals surface area contributed by atoms with Gasteiger partial charge < -0.3 is 9.13 Å². The Labute approximate surface area is 321 Å². The Morgan fingerprint density at radius 3 is 0.717 bits per heavy atom. The third kappa shape index (κ3) is 7.09. The van der Waals surface area contributed by atoms with Crippen LogP contribution in [0.1, 0.15) is 6.92 Å². The maximum absolute atomic E-state index is 14.6. The highest BCUT2D eigenvalue weighted by molar-refractivity contribution is 7.83. The molecule has 0 saturated heterocycles. The van der Waals surface area contributed by atoms with Crippen LogP contribution in [0.25, 0.3) is 0 Å². The summed E-state index contributed by atoms with van der Waals surface area (Å²) in [6, 6.07) is 0. The Bertz CT molecular complexity index is 1680. The molecule has 0 aromatic carbocycles. The average molecular weight is 1020 g/mol. The predicted molar refractivity (Wildman–Crippen MR) is 134 cm³/mol. The van der Waals surface area contributed by atoms with E-state index >= 15 is 0 Å². The summed E-state index contributed by atoms with van der Waals surface area (Å²) in [6.07, 6.45) is -8.13. The molecule has 0 aliphatic rings. The van der Waals surface area contributed by atoms with E-state index in [-0.39, 0.29) is 0 Å². The highest BCUT2D eigenvalue weighted by Crippen LogP contribution is 2.66. The molecular weight excluding hydrogens is 1020 g/mol. The first kappa shape index (κ1) is 55.8. The second kappa shape index (κ2) is 14.4. The van der Waals surface area contributed by atoms with Crippen molar-refractivity contribution in [1.29, 1.82) is 0 Å². The number of nitrogens with zero attached hydrogens (tertiary/aromatic N) is 2. The van der Waals surface area contributed by atoms with Gasteiger partial charge in [-0.25, -0.2) is 0 Å². The maximum atomic E-state index is 14.6. The van der Waals surface area contributed by atoms with Gasteiger partial charge in [0.1, 0.15) is 10.1 Å². The van der Waals surface area contributed by atoms with Crippen molar-refractivity contribution in [2.45, 2.75) is 125 Å². The number of aromatic nitrogens is 2. The van der Waals surface area contributed by atoms with Gasteiger partial charge in [-0.2, -0.15) is 145 Å². The van der Waals surface area contributed by atoms with Gasteiger partial charge in [0.25, 0.3) is 0 Å². The van der Waals surface area contributed by atoms with E-state index in [1.54, 1.807) is 0 Å². The Balaban J connectivity index is 3.90. The number of halogens is 33. The molecule has 356 valence electrons. The van der Waals surface area contributed by atoms with Crippen molar-refractivity contribution in [3.63, 3.8) is 0 Å². The zero-order valence-corrected chi connectivity index (χ0v) is 29.2. The number of hydrogen-bond acceptors (Lipinski definition) is 3. The molecular formula is C22H9F33N2S3. The quantitative estimate of drug-likeness (QED) is 0.0899. The molecule has 0 radical (unpaired) electrons. The lowest BCUT2D eigenvalue weighted by Crippen LogP contribution is -2.74. The van der Waals surface area contributed by atoms with Crippen LogP contribution < -0.4 is 0 Å². The molecule has 60 heavy (non-hydrogen) atoms. The summed E-state index contributed by atoms with van der Waals surface area (Å²) in [5.41, 5.74) is 0. The van der Waals surface area contributed by atoms with Crippen LogP contribution in [-0.4, -0.2) is 104 Å². The van der Waals surface area contributed by atoms with Gasteiger partial charge in [-0.1, -0.05) is 0 Å². The zero-order valence-electron chi connectivity index (χ0n) is 26.6. The monoisotopic (exact) mass is 1020 g/mol. The van der Waals surface area contributed by atoms with Gasteiger partial charge >= 0.3 is 95.0 Å². The molecule has 0 aliphatic heterocycles. The van der Waals surface area contributed by atoms with Crippen LogP contribution >= 0.6 is 37.5 Å². The summed E-state index contributed by atoms with van der Waals surface area (Å²) < 4.78 is 447. The Morgan fingerprint density at radius 1 is 0.333 bits per heavy atom. The molecule has 38 heteroatoms. The highest BCUT2D eigenvalue weighted by atomic mass is 32.1. The molecule has 1 rings (SSSR count). The molecule has 0 bridgehead atoms. The van der Waals surface area contributed by atoms with E-state index in [1.165, 1.54) is 0 Å². The molecule has 0 saturated carbocycles. The van der Waals surface area contributed by atoms with E-state index in [0.717, 1.165) is 0 Å². The van der Waals surface area contributed by atoms with Crippen LogP contribution in [0, 0.1) is 4.77 Å². The van der Waals surface area contributed by atoms with Crippen LogP contribution in [-0.2, 0) is 13.1 Å². The van der Waals surface area contributed by atoms with Crippen molar-refractivity contribution in [3.8, 4) is 0 Å². The van der Waals surface area contributed by atoms with Crippen molar-refractivity contribution in [1.82, 2.24) is 9.13 Å². The summed E-state index contributed by atoms with van der Waals surface area (Å²) in [7, 11) is 0. The first-order valence-corrected chi connectivity index (χ1v) is 14.7. The van der Waals surface area contributed by atoms with Gasteiger partial charge in [0.2, 0.25) is 0 Å². The minimum absolute atomic E-state index is 1.39. The van der Waals surface area contributed by atoms with Crippen LogP contribution in [0.2, 0.25) is 0 Å². The average Bonchev–Trinajstić information content (AvgIpc) is 3.20. The lowest BCUT2D eigenvalue weighted by molar-refractivity contribution is -0.462. The molecule has 0 spiro atoms. The van der Waals surface area contributed by atoms with E-state index in [0.29, 0.717) is 0 Å². The molecule has 0 fully saturated rings. The first-order chi connectivity index (χ1) is 25.4. The number of alkyl halides is 33.